The minimum Gasteiger partial charge on any atom is -0.396 e. The first-order valence-corrected chi connectivity index (χ1v) is 5.94. The van der Waals surface area contributed by atoms with Crippen LogP contribution in [0.4, 0.5) is 11.5 Å². The third kappa shape index (κ3) is 2.16. The Morgan fingerprint density at radius 3 is 2.67 bits per heavy atom. The van der Waals surface area contributed by atoms with Crippen molar-refractivity contribution >= 4 is 11.5 Å². The lowest BCUT2D eigenvalue weighted by molar-refractivity contribution is 0.730. The molecule has 0 aliphatic rings. The maximum Gasteiger partial charge on any atom is 0.149 e. The van der Waals surface area contributed by atoms with Crippen molar-refractivity contribution < 1.29 is 0 Å². The summed E-state index contributed by atoms with van der Waals surface area (Å²) in [6.45, 7) is 6.73. The number of aromatic nitrogens is 3. The molecule has 0 atom stereocenters. The van der Waals surface area contributed by atoms with Gasteiger partial charge in [0.05, 0.1) is 11.4 Å². The standard InChI is InChI=1S/C13H19N5/c1-8-5-6-15-13(12(8)14)16-7-11-9(2)17-18(4)10(11)3/h5-6H,7,14H2,1-4H3,(H,15,16). The van der Waals surface area contributed by atoms with Crippen LogP contribution in [0, 0.1) is 20.8 Å². The number of aryl methyl sites for hydroxylation is 3. The second kappa shape index (κ2) is 4.68. The van der Waals surface area contributed by atoms with Gasteiger partial charge in [0.15, 0.2) is 0 Å². The summed E-state index contributed by atoms with van der Waals surface area (Å²) in [5, 5.41) is 7.66. The Hall–Kier alpha value is -2.04. The van der Waals surface area contributed by atoms with Crippen LogP contribution < -0.4 is 11.1 Å². The highest BCUT2D eigenvalue weighted by molar-refractivity contribution is 5.65. The van der Waals surface area contributed by atoms with Gasteiger partial charge in [0.2, 0.25) is 0 Å². The average molecular weight is 245 g/mol. The van der Waals surface area contributed by atoms with E-state index in [4.69, 9.17) is 5.73 Å². The smallest absolute Gasteiger partial charge is 0.149 e. The molecule has 2 aromatic heterocycles. The minimum atomic E-state index is 0.687. The Morgan fingerprint density at radius 1 is 1.33 bits per heavy atom. The molecule has 0 unspecified atom stereocenters. The van der Waals surface area contributed by atoms with Crippen LogP contribution in [0.25, 0.3) is 0 Å². The number of nitrogen functional groups attached to an aromatic ring is 1. The van der Waals surface area contributed by atoms with Crippen LogP contribution in [-0.4, -0.2) is 14.8 Å². The summed E-state index contributed by atoms with van der Waals surface area (Å²) in [5.74, 6) is 0.734. The van der Waals surface area contributed by atoms with Crippen LogP contribution in [0.15, 0.2) is 12.3 Å². The number of pyridine rings is 1. The van der Waals surface area contributed by atoms with Crippen LogP contribution in [-0.2, 0) is 13.6 Å². The fourth-order valence-corrected chi connectivity index (χ4v) is 1.96. The monoisotopic (exact) mass is 245 g/mol. The van der Waals surface area contributed by atoms with Gasteiger partial charge in [0, 0.05) is 31.0 Å². The van der Waals surface area contributed by atoms with Gasteiger partial charge in [-0.25, -0.2) is 4.98 Å². The van der Waals surface area contributed by atoms with E-state index in [1.54, 1.807) is 6.20 Å². The fraction of sp³-hybridized carbons (Fsp3) is 0.385. The number of nitrogens with two attached hydrogens (primary N) is 1. The molecular weight excluding hydrogens is 226 g/mol. The number of nitrogens with one attached hydrogen (secondary N) is 1. The van der Waals surface area contributed by atoms with Gasteiger partial charge < -0.3 is 11.1 Å². The molecule has 0 spiro atoms. The molecule has 0 saturated heterocycles. The first kappa shape index (κ1) is 12.4. The lowest BCUT2D eigenvalue weighted by Crippen LogP contribution is -2.07. The molecule has 0 aromatic carbocycles. The highest BCUT2D eigenvalue weighted by Gasteiger charge is 2.10. The molecule has 5 nitrogen and oxygen atoms in total. The van der Waals surface area contributed by atoms with E-state index in [0.29, 0.717) is 12.2 Å². The van der Waals surface area contributed by atoms with Crippen molar-refractivity contribution in [2.24, 2.45) is 7.05 Å². The molecule has 0 saturated carbocycles. The molecule has 0 aliphatic carbocycles. The molecule has 5 heteroatoms. The SMILES string of the molecule is Cc1ccnc(NCc2c(C)nn(C)c2C)c1N. The third-order valence-electron chi connectivity index (χ3n) is 3.30. The molecule has 2 aromatic rings. The van der Waals surface area contributed by atoms with Crippen LogP contribution in [0.5, 0.6) is 0 Å². The van der Waals surface area contributed by atoms with E-state index in [9.17, 15) is 0 Å². The van der Waals surface area contributed by atoms with Crippen molar-refractivity contribution in [2.45, 2.75) is 27.3 Å². The summed E-state index contributed by atoms with van der Waals surface area (Å²) in [4.78, 5) is 4.26. The van der Waals surface area contributed by atoms with Crippen LogP contribution in [0.3, 0.4) is 0 Å². The van der Waals surface area contributed by atoms with E-state index in [2.05, 4.69) is 22.3 Å². The number of rotatable bonds is 3. The second-order valence-corrected chi connectivity index (χ2v) is 4.52. The summed E-state index contributed by atoms with van der Waals surface area (Å²) < 4.78 is 1.89. The third-order valence-corrected chi connectivity index (χ3v) is 3.30. The molecule has 3 N–H and O–H groups in total. The molecular formula is C13H19N5. The normalized spacial score (nSPS) is 10.7. The highest BCUT2D eigenvalue weighted by atomic mass is 15.3. The number of hydrogen-bond acceptors (Lipinski definition) is 4. The summed E-state index contributed by atoms with van der Waals surface area (Å²) in [6.07, 6.45) is 1.76. The molecule has 96 valence electrons. The van der Waals surface area contributed by atoms with Crippen molar-refractivity contribution in [1.29, 1.82) is 0 Å². The molecule has 0 radical (unpaired) electrons. The zero-order valence-electron chi connectivity index (χ0n) is 11.3. The summed E-state index contributed by atoms with van der Waals surface area (Å²) in [7, 11) is 1.95. The predicted molar refractivity (Wildman–Crippen MR) is 73.4 cm³/mol. The quantitative estimate of drug-likeness (QED) is 0.867. The van der Waals surface area contributed by atoms with E-state index < -0.39 is 0 Å². The van der Waals surface area contributed by atoms with Gasteiger partial charge >= 0.3 is 0 Å². The molecule has 18 heavy (non-hydrogen) atoms. The largest absolute Gasteiger partial charge is 0.396 e. The van der Waals surface area contributed by atoms with E-state index in [-0.39, 0.29) is 0 Å². The Labute approximate surface area is 107 Å². The summed E-state index contributed by atoms with van der Waals surface area (Å²) >= 11 is 0. The average Bonchev–Trinajstić information content (AvgIpc) is 2.56. The van der Waals surface area contributed by atoms with Crippen LogP contribution in [0.1, 0.15) is 22.5 Å². The van der Waals surface area contributed by atoms with Gasteiger partial charge in [-0.3, -0.25) is 4.68 Å². The van der Waals surface area contributed by atoms with E-state index in [0.717, 1.165) is 22.8 Å². The number of hydrogen-bond donors (Lipinski definition) is 2. The number of anilines is 2. The van der Waals surface area contributed by atoms with E-state index in [1.165, 1.54) is 5.56 Å². The minimum absolute atomic E-state index is 0.687. The lowest BCUT2D eigenvalue weighted by atomic mass is 10.2. The first-order chi connectivity index (χ1) is 8.50. The predicted octanol–water partition coefficient (Wildman–Crippen LogP) is 1.93. The molecule has 0 amide bonds. The molecule has 0 fully saturated rings. The van der Waals surface area contributed by atoms with E-state index in [1.807, 2.05) is 31.6 Å². The van der Waals surface area contributed by atoms with Gasteiger partial charge in [0.1, 0.15) is 5.82 Å². The fourth-order valence-electron chi connectivity index (χ4n) is 1.96. The topological polar surface area (TPSA) is 68.8 Å². The van der Waals surface area contributed by atoms with E-state index >= 15 is 0 Å². The molecule has 2 rings (SSSR count). The molecule has 2 heterocycles. The maximum absolute atomic E-state index is 5.98. The Kier molecular flexibility index (Phi) is 3.23. The van der Waals surface area contributed by atoms with Crippen molar-refractivity contribution in [2.75, 3.05) is 11.1 Å². The zero-order chi connectivity index (χ0) is 13.3. The second-order valence-electron chi connectivity index (χ2n) is 4.52. The van der Waals surface area contributed by atoms with Crippen LogP contribution in [0.2, 0.25) is 0 Å². The Bertz CT molecular complexity index is 571. The Morgan fingerprint density at radius 2 is 2.06 bits per heavy atom. The highest BCUT2D eigenvalue weighted by Crippen LogP contribution is 2.20. The van der Waals surface area contributed by atoms with Gasteiger partial charge in [-0.2, -0.15) is 5.10 Å². The summed E-state index contributed by atoms with van der Waals surface area (Å²) in [6, 6.07) is 1.90. The van der Waals surface area contributed by atoms with Crippen LogP contribution >= 0.6 is 0 Å². The zero-order valence-corrected chi connectivity index (χ0v) is 11.3. The number of nitrogens with zero attached hydrogens (tertiary/aromatic N) is 3. The van der Waals surface area contributed by atoms with Crippen molar-refractivity contribution in [3.63, 3.8) is 0 Å². The Balaban J connectivity index is 2.19. The van der Waals surface area contributed by atoms with Gasteiger partial charge in [-0.05, 0) is 32.4 Å². The van der Waals surface area contributed by atoms with Crippen molar-refractivity contribution in [3.05, 3.63) is 34.8 Å². The summed E-state index contributed by atoms with van der Waals surface area (Å²) in [5.41, 5.74) is 11.1. The lowest BCUT2D eigenvalue weighted by Gasteiger charge is -2.10. The molecule has 0 bridgehead atoms. The molecule has 0 aliphatic heterocycles. The van der Waals surface area contributed by atoms with Gasteiger partial charge in [0.25, 0.3) is 0 Å². The van der Waals surface area contributed by atoms with Gasteiger partial charge in [-0.1, -0.05) is 0 Å². The maximum atomic E-state index is 5.98. The first-order valence-electron chi connectivity index (χ1n) is 5.94. The van der Waals surface area contributed by atoms with Gasteiger partial charge in [-0.15, -0.1) is 0 Å². The van der Waals surface area contributed by atoms with Crippen molar-refractivity contribution in [1.82, 2.24) is 14.8 Å². The van der Waals surface area contributed by atoms with Crippen molar-refractivity contribution in [3.8, 4) is 0 Å².